The van der Waals surface area contributed by atoms with E-state index in [4.69, 9.17) is 23.9 Å². The molecule has 0 radical (unpaired) electrons. The minimum absolute atomic E-state index is 0.259. The van der Waals surface area contributed by atoms with Crippen LogP contribution in [-0.2, 0) is 13.1 Å². The van der Waals surface area contributed by atoms with E-state index in [1.54, 1.807) is 12.1 Å². The van der Waals surface area contributed by atoms with E-state index in [9.17, 15) is 4.79 Å². The molecular weight excluding hydrogens is 482 g/mol. The zero-order valence-electron chi connectivity index (χ0n) is 22.7. The highest BCUT2D eigenvalue weighted by Gasteiger charge is 2.18. The number of ether oxygens (including phenoxy) is 4. The van der Waals surface area contributed by atoms with Gasteiger partial charge in [-0.25, -0.2) is 4.98 Å². The van der Waals surface area contributed by atoms with E-state index >= 15 is 0 Å². The second-order valence-corrected chi connectivity index (χ2v) is 9.04. The molecule has 4 rings (SSSR count). The number of nitrogens with one attached hydrogen (secondary N) is 1. The van der Waals surface area contributed by atoms with Crippen molar-refractivity contribution in [1.29, 1.82) is 0 Å². The lowest BCUT2D eigenvalue weighted by Crippen LogP contribution is -2.25. The summed E-state index contributed by atoms with van der Waals surface area (Å²) in [7, 11) is 4.57. The van der Waals surface area contributed by atoms with Crippen molar-refractivity contribution in [1.82, 2.24) is 14.9 Å². The molecule has 0 unspecified atom stereocenters. The fourth-order valence-electron chi connectivity index (χ4n) is 4.56. The second-order valence-electron chi connectivity index (χ2n) is 9.04. The van der Waals surface area contributed by atoms with Crippen LogP contribution in [0.4, 0.5) is 0 Å². The summed E-state index contributed by atoms with van der Waals surface area (Å²) in [6, 6.07) is 17.5. The lowest BCUT2D eigenvalue weighted by molar-refractivity contribution is 0.0948. The van der Waals surface area contributed by atoms with Crippen LogP contribution in [0.3, 0.4) is 0 Å². The fraction of sp³-hybridized carbons (Fsp3) is 0.333. The molecule has 8 nitrogen and oxygen atoms in total. The summed E-state index contributed by atoms with van der Waals surface area (Å²) in [5.74, 6) is 2.79. The van der Waals surface area contributed by atoms with E-state index in [-0.39, 0.29) is 12.5 Å². The van der Waals surface area contributed by atoms with Gasteiger partial charge in [0.1, 0.15) is 11.6 Å². The van der Waals surface area contributed by atoms with E-state index in [1.807, 2.05) is 24.3 Å². The van der Waals surface area contributed by atoms with Crippen molar-refractivity contribution in [3.05, 3.63) is 77.1 Å². The van der Waals surface area contributed by atoms with Crippen LogP contribution in [0.15, 0.2) is 54.6 Å². The van der Waals surface area contributed by atoms with Gasteiger partial charge in [0.15, 0.2) is 11.5 Å². The fourth-order valence-corrected chi connectivity index (χ4v) is 4.56. The Hall–Kier alpha value is -4.20. The van der Waals surface area contributed by atoms with Crippen molar-refractivity contribution in [3.8, 4) is 23.0 Å². The summed E-state index contributed by atoms with van der Waals surface area (Å²) < 4.78 is 24.4. The van der Waals surface area contributed by atoms with E-state index in [0.717, 1.165) is 53.1 Å². The number of methoxy groups -OCH3 is 3. The van der Waals surface area contributed by atoms with Gasteiger partial charge in [-0.2, -0.15) is 0 Å². The summed E-state index contributed by atoms with van der Waals surface area (Å²) >= 11 is 0. The summed E-state index contributed by atoms with van der Waals surface area (Å²) in [5, 5.41) is 2.99. The lowest BCUT2D eigenvalue weighted by Gasteiger charge is -2.14. The Balaban J connectivity index is 1.43. The van der Waals surface area contributed by atoms with Gasteiger partial charge in [0, 0.05) is 12.1 Å². The third-order valence-electron chi connectivity index (χ3n) is 6.50. The molecule has 0 aliphatic rings. The van der Waals surface area contributed by atoms with Crippen LogP contribution >= 0.6 is 0 Å². The van der Waals surface area contributed by atoms with Gasteiger partial charge < -0.3 is 28.8 Å². The molecule has 0 aliphatic carbocycles. The number of para-hydroxylation sites is 3. The molecule has 0 saturated heterocycles. The Morgan fingerprint density at radius 2 is 1.55 bits per heavy atom. The molecule has 1 heterocycles. The minimum Gasteiger partial charge on any atom is -0.493 e. The maximum Gasteiger partial charge on any atom is 0.251 e. The van der Waals surface area contributed by atoms with Gasteiger partial charge >= 0.3 is 0 Å². The number of carbonyl (C=O) groups excluding carboxylic acids is 1. The quantitative estimate of drug-likeness (QED) is 0.251. The van der Waals surface area contributed by atoms with Gasteiger partial charge in [-0.05, 0) is 62.1 Å². The lowest BCUT2D eigenvalue weighted by atomic mass is 10.1. The predicted octanol–water partition coefficient (Wildman–Crippen LogP) is 5.47. The van der Waals surface area contributed by atoms with Crippen molar-refractivity contribution in [2.75, 3.05) is 27.9 Å². The summed E-state index contributed by atoms with van der Waals surface area (Å²) in [6.45, 7) is 5.83. The van der Waals surface area contributed by atoms with E-state index in [2.05, 4.69) is 41.9 Å². The summed E-state index contributed by atoms with van der Waals surface area (Å²) in [4.78, 5) is 17.8. The second kappa shape index (κ2) is 12.4. The van der Waals surface area contributed by atoms with Gasteiger partial charge in [0.25, 0.3) is 5.91 Å². The first-order valence-electron chi connectivity index (χ1n) is 12.7. The molecule has 3 aromatic carbocycles. The first-order valence-corrected chi connectivity index (χ1v) is 12.7. The number of fused-ring (bicyclic) bond motifs is 1. The monoisotopic (exact) mass is 517 g/mol. The van der Waals surface area contributed by atoms with E-state index in [1.165, 1.54) is 21.3 Å². The van der Waals surface area contributed by atoms with Gasteiger partial charge in [-0.15, -0.1) is 0 Å². The van der Waals surface area contributed by atoms with Crippen molar-refractivity contribution in [2.45, 2.75) is 39.8 Å². The largest absolute Gasteiger partial charge is 0.493 e. The van der Waals surface area contributed by atoms with E-state index in [0.29, 0.717) is 29.4 Å². The van der Waals surface area contributed by atoms with Gasteiger partial charge in [0.05, 0.1) is 45.5 Å². The van der Waals surface area contributed by atoms with Crippen LogP contribution in [0.1, 0.15) is 40.2 Å². The molecule has 0 fully saturated rings. The van der Waals surface area contributed by atoms with Crippen LogP contribution in [0.2, 0.25) is 0 Å². The van der Waals surface area contributed by atoms with Crippen LogP contribution < -0.4 is 24.3 Å². The zero-order valence-corrected chi connectivity index (χ0v) is 22.7. The molecule has 0 atom stereocenters. The molecule has 0 saturated carbocycles. The zero-order chi connectivity index (χ0) is 27.1. The predicted molar refractivity (Wildman–Crippen MR) is 148 cm³/mol. The molecular formula is C30H35N3O5. The number of nitrogens with zero attached hydrogens (tertiary/aromatic N) is 2. The van der Waals surface area contributed by atoms with Crippen molar-refractivity contribution >= 4 is 16.9 Å². The number of benzene rings is 3. The van der Waals surface area contributed by atoms with Crippen molar-refractivity contribution in [3.63, 3.8) is 0 Å². The Bertz CT molecular complexity index is 1370. The summed E-state index contributed by atoms with van der Waals surface area (Å²) in [5.41, 5.74) is 4.65. The number of aryl methyl sites for hydroxylation is 3. The number of carbonyl (C=O) groups is 1. The van der Waals surface area contributed by atoms with Crippen LogP contribution in [0, 0.1) is 13.8 Å². The SMILES string of the molecule is COc1cc(C(=O)NCc2nc3ccccc3n2CCCCOc2c(C)cccc2C)cc(OC)c1OC. The Morgan fingerprint density at radius 1 is 0.868 bits per heavy atom. The van der Waals surface area contributed by atoms with Gasteiger partial charge in [0.2, 0.25) is 5.75 Å². The highest BCUT2D eigenvalue weighted by molar-refractivity contribution is 5.95. The maximum absolute atomic E-state index is 13.1. The Morgan fingerprint density at radius 3 is 2.21 bits per heavy atom. The standard InChI is InChI=1S/C30H35N3O5/c1-20-11-10-12-21(2)28(20)38-16-9-8-15-33-24-14-7-6-13-23(24)32-27(33)19-31-30(34)22-17-25(35-3)29(37-5)26(18-22)36-4/h6-7,10-14,17-18H,8-9,15-16,19H2,1-5H3,(H,31,34). The van der Waals surface area contributed by atoms with Crippen LogP contribution in [0.25, 0.3) is 11.0 Å². The third kappa shape index (κ3) is 5.85. The molecule has 200 valence electrons. The average molecular weight is 518 g/mol. The normalized spacial score (nSPS) is 10.9. The van der Waals surface area contributed by atoms with Crippen molar-refractivity contribution < 1.29 is 23.7 Å². The molecule has 1 amide bonds. The molecule has 4 aromatic rings. The third-order valence-corrected chi connectivity index (χ3v) is 6.50. The number of unbranched alkanes of at least 4 members (excludes halogenated alkanes) is 1. The van der Waals surface area contributed by atoms with E-state index < -0.39 is 0 Å². The number of aromatic nitrogens is 2. The molecule has 8 heteroatoms. The molecule has 0 spiro atoms. The Labute approximate surface area is 223 Å². The first kappa shape index (κ1) is 26.9. The smallest absolute Gasteiger partial charge is 0.251 e. The molecule has 0 aliphatic heterocycles. The molecule has 0 bridgehead atoms. The first-order chi connectivity index (χ1) is 18.5. The minimum atomic E-state index is -0.259. The molecule has 1 aromatic heterocycles. The van der Waals surface area contributed by atoms with Crippen LogP contribution in [0.5, 0.6) is 23.0 Å². The number of rotatable bonds is 12. The van der Waals surface area contributed by atoms with Crippen molar-refractivity contribution in [2.24, 2.45) is 0 Å². The average Bonchev–Trinajstić information content (AvgIpc) is 3.29. The number of hydrogen-bond acceptors (Lipinski definition) is 6. The van der Waals surface area contributed by atoms with Gasteiger partial charge in [-0.1, -0.05) is 30.3 Å². The van der Waals surface area contributed by atoms with Gasteiger partial charge in [-0.3, -0.25) is 4.79 Å². The Kier molecular flexibility index (Phi) is 8.73. The highest BCUT2D eigenvalue weighted by Crippen LogP contribution is 2.38. The number of hydrogen-bond donors (Lipinski definition) is 1. The van der Waals surface area contributed by atoms with Crippen LogP contribution in [-0.4, -0.2) is 43.4 Å². The summed E-state index contributed by atoms with van der Waals surface area (Å²) in [6.07, 6.45) is 1.82. The maximum atomic E-state index is 13.1. The topological polar surface area (TPSA) is 83.8 Å². The molecule has 38 heavy (non-hydrogen) atoms. The number of imidazole rings is 1. The molecule has 1 N–H and O–H groups in total. The number of amides is 1. The highest BCUT2D eigenvalue weighted by atomic mass is 16.5.